The first-order valence-corrected chi connectivity index (χ1v) is 13.8. The maximum Gasteiger partial charge on any atom is 0.241 e. The second kappa shape index (κ2) is 13.3. The van der Waals surface area contributed by atoms with Crippen LogP contribution in [-0.4, -0.2) is 68.0 Å². The van der Waals surface area contributed by atoms with E-state index in [1.807, 2.05) is 42.3 Å². The summed E-state index contributed by atoms with van der Waals surface area (Å²) in [6.45, 7) is 2.54. The number of benzene rings is 2. The van der Waals surface area contributed by atoms with Crippen molar-refractivity contribution in [2.45, 2.75) is 32.1 Å². The van der Waals surface area contributed by atoms with E-state index in [4.69, 9.17) is 9.84 Å². The second-order valence-corrected chi connectivity index (χ2v) is 10.1. The fourth-order valence-electron chi connectivity index (χ4n) is 5.28. The van der Waals surface area contributed by atoms with Crippen molar-refractivity contribution in [2.75, 3.05) is 57.6 Å². The molecule has 212 valence electrons. The van der Waals surface area contributed by atoms with E-state index in [0.717, 1.165) is 18.8 Å². The van der Waals surface area contributed by atoms with Gasteiger partial charge in [0.25, 0.3) is 0 Å². The summed E-state index contributed by atoms with van der Waals surface area (Å²) >= 11 is 0. The topological polar surface area (TPSA) is 112 Å². The summed E-state index contributed by atoms with van der Waals surface area (Å²) in [6, 6.07) is 14.2. The zero-order chi connectivity index (χ0) is 28.6. The van der Waals surface area contributed by atoms with Crippen LogP contribution in [0.1, 0.15) is 37.7 Å². The predicted octanol–water partition coefficient (Wildman–Crippen LogP) is 4.40. The quantitative estimate of drug-likeness (QED) is 0.451. The Bertz CT molecular complexity index is 1360. The number of ether oxygens (including phenoxy) is 1. The van der Waals surface area contributed by atoms with Gasteiger partial charge < -0.3 is 25.6 Å². The van der Waals surface area contributed by atoms with Gasteiger partial charge in [-0.15, -0.1) is 5.10 Å². The molecular formula is C30H38FN7O2. The molecule has 1 saturated heterocycles. The Morgan fingerprint density at radius 2 is 1.90 bits per heavy atom. The summed E-state index contributed by atoms with van der Waals surface area (Å²) in [5.74, 6) is 1.41. The van der Waals surface area contributed by atoms with Crippen molar-refractivity contribution < 1.29 is 13.9 Å². The summed E-state index contributed by atoms with van der Waals surface area (Å²) in [7, 11) is 4.92. The number of halogens is 1. The Hall–Kier alpha value is -4.10. The van der Waals surface area contributed by atoms with Crippen molar-refractivity contribution >= 4 is 17.4 Å². The molecule has 0 atom stereocenters. The van der Waals surface area contributed by atoms with Gasteiger partial charge in [0.15, 0.2) is 0 Å². The number of likely N-dealkylation sites (N-methyl/N-ethyl adjacent to an activating group) is 1. The summed E-state index contributed by atoms with van der Waals surface area (Å²) in [5.41, 5.74) is 7.37. The number of amides is 1. The molecule has 0 bridgehead atoms. The van der Waals surface area contributed by atoms with Crippen molar-refractivity contribution in [3.05, 3.63) is 53.8 Å². The van der Waals surface area contributed by atoms with E-state index in [1.165, 1.54) is 51.3 Å². The van der Waals surface area contributed by atoms with Crippen LogP contribution >= 0.6 is 0 Å². The van der Waals surface area contributed by atoms with Gasteiger partial charge in [0.05, 0.1) is 24.9 Å². The Morgan fingerprint density at radius 3 is 2.58 bits per heavy atom. The molecule has 2 aromatic carbocycles. The molecule has 3 aromatic rings. The van der Waals surface area contributed by atoms with E-state index in [2.05, 4.69) is 11.1 Å². The van der Waals surface area contributed by atoms with Gasteiger partial charge in [-0.25, -0.2) is 9.07 Å². The molecule has 2 heterocycles. The van der Waals surface area contributed by atoms with Crippen LogP contribution in [-0.2, 0) is 4.79 Å². The van der Waals surface area contributed by atoms with Crippen LogP contribution in [0.4, 0.5) is 15.9 Å². The molecule has 0 unspecified atom stereocenters. The third kappa shape index (κ3) is 6.37. The smallest absolute Gasteiger partial charge is 0.241 e. The highest BCUT2D eigenvalue weighted by molar-refractivity contribution is 5.83. The van der Waals surface area contributed by atoms with Crippen LogP contribution < -0.4 is 20.7 Å². The van der Waals surface area contributed by atoms with Crippen molar-refractivity contribution in [3.8, 4) is 28.8 Å². The molecule has 1 amide bonds. The number of carbonyl (C=O) groups excluding carboxylic acids is 1. The summed E-state index contributed by atoms with van der Waals surface area (Å²) < 4.78 is 22.1. The average molecular weight is 548 g/mol. The lowest BCUT2D eigenvalue weighted by Crippen LogP contribution is -2.48. The van der Waals surface area contributed by atoms with Crippen LogP contribution in [0.2, 0.25) is 0 Å². The number of carbonyl (C=O) groups is 1. The molecular weight excluding hydrogens is 509 g/mol. The number of aromatic nitrogens is 2. The number of nitrogens with two attached hydrogens (primary N) is 1. The number of nitrogens with one attached hydrogen (secondary N) is 1. The Morgan fingerprint density at radius 1 is 1.12 bits per heavy atom. The Labute approximate surface area is 235 Å². The number of rotatable bonds is 7. The van der Waals surface area contributed by atoms with Gasteiger partial charge in [0.2, 0.25) is 5.91 Å². The lowest BCUT2D eigenvalue weighted by molar-refractivity contribution is -0.129. The van der Waals surface area contributed by atoms with Crippen molar-refractivity contribution in [3.63, 3.8) is 0 Å². The third-order valence-electron chi connectivity index (χ3n) is 7.61. The van der Waals surface area contributed by atoms with Gasteiger partial charge in [-0.3, -0.25) is 4.79 Å². The van der Waals surface area contributed by atoms with E-state index in [1.54, 1.807) is 22.8 Å². The fourth-order valence-corrected chi connectivity index (χ4v) is 5.28. The summed E-state index contributed by atoms with van der Waals surface area (Å²) in [4.78, 5) is 16.0. The number of piperazine rings is 1. The van der Waals surface area contributed by atoms with Gasteiger partial charge in [0, 0.05) is 50.1 Å². The standard InChI is InChI=1S/C29H33FN6O2.CH5N/c1-34-12-13-35(19-29(34)37)23-10-11-25(27(15-23)38-2)36-26(21-8-9-22(17-31)24(30)14-21)16-28(33-36)32-18-20-6-4-3-5-7-20;1-2/h8-11,14-16,20H,3-7,12-13,18-19H2,1-2H3,(H,32,33);2H2,1H3. The highest BCUT2D eigenvalue weighted by Gasteiger charge is 2.23. The van der Waals surface area contributed by atoms with Gasteiger partial charge >= 0.3 is 0 Å². The minimum Gasteiger partial charge on any atom is -0.494 e. The molecule has 2 aliphatic rings. The number of nitrogens with zero attached hydrogens (tertiary/aromatic N) is 5. The number of hydrogen-bond donors (Lipinski definition) is 2. The average Bonchev–Trinajstić information content (AvgIpc) is 3.42. The lowest BCUT2D eigenvalue weighted by Gasteiger charge is -2.33. The first-order valence-electron chi connectivity index (χ1n) is 13.8. The maximum atomic E-state index is 14.6. The number of methoxy groups -OCH3 is 1. The third-order valence-corrected chi connectivity index (χ3v) is 7.61. The molecule has 9 nitrogen and oxygen atoms in total. The van der Waals surface area contributed by atoms with E-state index < -0.39 is 5.82 Å². The molecule has 1 saturated carbocycles. The molecule has 0 radical (unpaired) electrons. The van der Waals surface area contributed by atoms with Gasteiger partial charge in [-0.1, -0.05) is 25.3 Å². The van der Waals surface area contributed by atoms with Crippen molar-refractivity contribution in [2.24, 2.45) is 11.7 Å². The molecule has 1 aliphatic carbocycles. The van der Waals surface area contributed by atoms with E-state index in [-0.39, 0.29) is 11.5 Å². The minimum absolute atomic E-state index is 0.000815. The van der Waals surface area contributed by atoms with Crippen LogP contribution in [0.5, 0.6) is 5.75 Å². The summed E-state index contributed by atoms with van der Waals surface area (Å²) in [6.07, 6.45) is 6.26. The number of nitriles is 1. The minimum atomic E-state index is -0.573. The van der Waals surface area contributed by atoms with E-state index in [0.29, 0.717) is 47.5 Å². The first-order chi connectivity index (χ1) is 19.5. The monoisotopic (exact) mass is 547 g/mol. The normalized spacial score (nSPS) is 15.8. The number of anilines is 2. The van der Waals surface area contributed by atoms with Gasteiger partial charge in [-0.2, -0.15) is 5.26 Å². The highest BCUT2D eigenvalue weighted by Crippen LogP contribution is 2.34. The zero-order valence-corrected chi connectivity index (χ0v) is 23.5. The fraction of sp³-hybridized carbons (Fsp3) is 0.433. The highest BCUT2D eigenvalue weighted by atomic mass is 19.1. The molecule has 10 heteroatoms. The second-order valence-electron chi connectivity index (χ2n) is 10.1. The zero-order valence-electron chi connectivity index (χ0n) is 23.5. The predicted molar refractivity (Wildman–Crippen MR) is 155 cm³/mol. The molecule has 1 aliphatic heterocycles. The van der Waals surface area contributed by atoms with Gasteiger partial charge in [0.1, 0.15) is 29.1 Å². The first kappa shape index (κ1) is 28.9. The van der Waals surface area contributed by atoms with Crippen LogP contribution in [0.25, 0.3) is 16.9 Å². The van der Waals surface area contributed by atoms with E-state index in [9.17, 15) is 14.4 Å². The molecule has 1 aromatic heterocycles. The van der Waals surface area contributed by atoms with Crippen LogP contribution in [0.3, 0.4) is 0 Å². The van der Waals surface area contributed by atoms with Crippen LogP contribution in [0.15, 0.2) is 42.5 Å². The summed E-state index contributed by atoms with van der Waals surface area (Å²) in [5, 5.41) is 17.5. The molecule has 0 spiro atoms. The largest absolute Gasteiger partial charge is 0.494 e. The Kier molecular flexibility index (Phi) is 9.61. The SMILES string of the molecule is CN.COc1cc(N2CCN(C)C(=O)C2)ccc1-n1nc(NCC2CCCCC2)cc1-c1ccc(C#N)c(F)c1. The molecule has 3 N–H and O–H groups in total. The van der Waals surface area contributed by atoms with Crippen molar-refractivity contribution in [1.29, 1.82) is 5.26 Å². The Balaban J connectivity index is 0.00000181. The molecule has 2 fully saturated rings. The van der Waals surface area contributed by atoms with Gasteiger partial charge in [-0.05, 0) is 50.1 Å². The van der Waals surface area contributed by atoms with E-state index >= 15 is 0 Å². The number of hydrogen-bond acceptors (Lipinski definition) is 7. The van der Waals surface area contributed by atoms with Crippen molar-refractivity contribution in [1.82, 2.24) is 14.7 Å². The lowest BCUT2D eigenvalue weighted by atomic mass is 9.89. The molecule has 5 rings (SSSR count). The maximum absolute atomic E-state index is 14.6. The van der Waals surface area contributed by atoms with Crippen LogP contribution in [0, 0.1) is 23.1 Å². The molecule has 40 heavy (non-hydrogen) atoms.